The molecule has 72 valence electrons. The summed E-state index contributed by atoms with van der Waals surface area (Å²) in [6, 6.07) is 1.82. The van der Waals surface area contributed by atoms with Crippen LogP contribution >= 0.6 is 0 Å². The minimum absolute atomic E-state index is 0.844. The van der Waals surface area contributed by atoms with Crippen LogP contribution in [0.25, 0.3) is 0 Å². The molecule has 0 spiro atoms. The molecule has 2 aromatic rings. The molecule has 14 heavy (non-hydrogen) atoms. The van der Waals surface area contributed by atoms with Crippen molar-refractivity contribution in [1.29, 1.82) is 0 Å². The standard InChI is InChI=1S/C10H12N4/c1-9-7-14(8-13-9)6-3-10-11-4-2-5-12-10/h2,4-5,7-8H,3,6H2,1H3. The Hall–Kier alpha value is -1.71. The zero-order chi connectivity index (χ0) is 9.80. The lowest BCUT2D eigenvalue weighted by Gasteiger charge is -1.99. The Morgan fingerprint density at radius 1 is 1.21 bits per heavy atom. The quantitative estimate of drug-likeness (QED) is 0.727. The van der Waals surface area contributed by atoms with E-state index in [0.717, 1.165) is 24.5 Å². The van der Waals surface area contributed by atoms with Gasteiger partial charge < -0.3 is 4.57 Å². The van der Waals surface area contributed by atoms with Gasteiger partial charge in [-0.3, -0.25) is 0 Å². The molecule has 2 aromatic heterocycles. The summed E-state index contributed by atoms with van der Waals surface area (Å²) < 4.78 is 2.05. The SMILES string of the molecule is Cc1cn(CCc2ncccn2)cn1. The zero-order valence-corrected chi connectivity index (χ0v) is 8.09. The second-order valence-electron chi connectivity index (χ2n) is 3.17. The van der Waals surface area contributed by atoms with Crippen LogP contribution < -0.4 is 0 Å². The highest BCUT2D eigenvalue weighted by atomic mass is 15.0. The Kier molecular flexibility index (Phi) is 2.53. The number of nitrogens with zero attached hydrogens (tertiary/aromatic N) is 4. The number of hydrogen-bond acceptors (Lipinski definition) is 3. The van der Waals surface area contributed by atoms with Gasteiger partial charge in [0.25, 0.3) is 0 Å². The van der Waals surface area contributed by atoms with Crippen molar-refractivity contribution in [3.8, 4) is 0 Å². The molecule has 0 fully saturated rings. The molecule has 0 aromatic carbocycles. The topological polar surface area (TPSA) is 43.6 Å². The maximum Gasteiger partial charge on any atom is 0.129 e. The lowest BCUT2D eigenvalue weighted by molar-refractivity contribution is 0.670. The van der Waals surface area contributed by atoms with E-state index in [9.17, 15) is 0 Å². The fraction of sp³-hybridized carbons (Fsp3) is 0.300. The summed E-state index contributed by atoms with van der Waals surface area (Å²) >= 11 is 0. The van der Waals surface area contributed by atoms with Gasteiger partial charge in [-0.1, -0.05) is 0 Å². The van der Waals surface area contributed by atoms with E-state index in [0.29, 0.717) is 0 Å². The molecule has 0 aliphatic heterocycles. The van der Waals surface area contributed by atoms with Crippen molar-refractivity contribution in [2.45, 2.75) is 19.9 Å². The van der Waals surface area contributed by atoms with Crippen molar-refractivity contribution in [2.24, 2.45) is 0 Å². The average Bonchev–Trinajstić information content (AvgIpc) is 2.63. The minimum atomic E-state index is 0.844. The summed E-state index contributed by atoms with van der Waals surface area (Å²) in [7, 11) is 0. The lowest BCUT2D eigenvalue weighted by Crippen LogP contribution is -2.01. The van der Waals surface area contributed by atoms with E-state index in [1.807, 2.05) is 30.1 Å². The molecule has 2 heterocycles. The van der Waals surface area contributed by atoms with Crippen molar-refractivity contribution in [3.63, 3.8) is 0 Å². The molecule has 0 N–H and O–H groups in total. The second kappa shape index (κ2) is 4.00. The Labute approximate surface area is 82.7 Å². The van der Waals surface area contributed by atoms with Crippen molar-refractivity contribution in [2.75, 3.05) is 0 Å². The Morgan fingerprint density at radius 2 is 2.00 bits per heavy atom. The first kappa shape index (κ1) is 8.87. The smallest absolute Gasteiger partial charge is 0.129 e. The van der Waals surface area contributed by atoms with Gasteiger partial charge in [0.1, 0.15) is 5.82 Å². The highest BCUT2D eigenvalue weighted by Gasteiger charge is 1.96. The van der Waals surface area contributed by atoms with Crippen molar-refractivity contribution in [3.05, 3.63) is 42.5 Å². The van der Waals surface area contributed by atoms with Crippen LogP contribution in [0.2, 0.25) is 0 Å². The molecule has 4 nitrogen and oxygen atoms in total. The number of rotatable bonds is 3. The van der Waals surface area contributed by atoms with Gasteiger partial charge in [0.15, 0.2) is 0 Å². The first-order chi connectivity index (χ1) is 6.84. The van der Waals surface area contributed by atoms with E-state index in [1.54, 1.807) is 12.4 Å². The third-order valence-electron chi connectivity index (χ3n) is 1.98. The van der Waals surface area contributed by atoms with Gasteiger partial charge in [0, 0.05) is 31.6 Å². The zero-order valence-electron chi connectivity index (χ0n) is 8.09. The van der Waals surface area contributed by atoms with Crippen molar-refractivity contribution in [1.82, 2.24) is 19.5 Å². The third-order valence-corrected chi connectivity index (χ3v) is 1.98. The van der Waals surface area contributed by atoms with Crippen LogP contribution in [-0.4, -0.2) is 19.5 Å². The Morgan fingerprint density at radius 3 is 2.64 bits per heavy atom. The molecule has 0 bridgehead atoms. The molecular weight excluding hydrogens is 176 g/mol. The van der Waals surface area contributed by atoms with Gasteiger partial charge in [-0.05, 0) is 13.0 Å². The number of aromatic nitrogens is 4. The van der Waals surface area contributed by atoms with Gasteiger partial charge >= 0.3 is 0 Å². The molecule has 0 atom stereocenters. The van der Waals surface area contributed by atoms with E-state index in [2.05, 4.69) is 15.0 Å². The van der Waals surface area contributed by atoms with Crippen LogP contribution in [0.3, 0.4) is 0 Å². The normalized spacial score (nSPS) is 10.4. The maximum absolute atomic E-state index is 4.16. The van der Waals surface area contributed by atoms with Crippen LogP contribution in [0, 0.1) is 6.92 Å². The van der Waals surface area contributed by atoms with Crippen LogP contribution in [0.4, 0.5) is 0 Å². The van der Waals surface area contributed by atoms with E-state index >= 15 is 0 Å². The van der Waals surface area contributed by atoms with Gasteiger partial charge in [-0.2, -0.15) is 0 Å². The van der Waals surface area contributed by atoms with Crippen molar-refractivity contribution < 1.29 is 0 Å². The molecule has 0 saturated carbocycles. The molecule has 0 aliphatic carbocycles. The molecule has 0 saturated heterocycles. The van der Waals surface area contributed by atoms with E-state index in [-0.39, 0.29) is 0 Å². The van der Waals surface area contributed by atoms with Crippen molar-refractivity contribution >= 4 is 0 Å². The fourth-order valence-corrected chi connectivity index (χ4v) is 1.28. The molecule has 0 aliphatic rings. The predicted molar refractivity (Wildman–Crippen MR) is 52.7 cm³/mol. The van der Waals surface area contributed by atoms with Crippen LogP contribution in [0.15, 0.2) is 31.0 Å². The number of hydrogen-bond donors (Lipinski definition) is 0. The number of aryl methyl sites for hydroxylation is 3. The molecule has 4 heteroatoms. The second-order valence-corrected chi connectivity index (χ2v) is 3.17. The average molecular weight is 188 g/mol. The molecule has 0 unspecified atom stereocenters. The summed E-state index contributed by atoms with van der Waals surface area (Å²) in [6.45, 7) is 2.86. The van der Waals surface area contributed by atoms with Crippen LogP contribution in [-0.2, 0) is 13.0 Å². The minimum Gasteiger partial charge on any atom is -0.337 e. The maximum atomic E-state index is 4.16. The van der Waals surface area contributed by atoms with E-state index < -0.39 is 0 Å². The monoisotopic (exact) mass is 188 g/mol. The van der Waals surface area contributed by atoms with E-state index in [1.165, 1.54) is 0 Å². The Balaban J connectivity index is 1.95. The summed E-state index contributed by atoms with van der Waals surface area (Å²) in [5.41, 5.74) is 1.04. The molecular formula is C10H12N4. The Bertz CT molecular complexity index is 394. The van der Waals surface area contributed by atoms with Crippen LogP contribution in [0.5, 0.6) is 0 Å². The highest BCUT2D eigenvalue weighted by Crippen LogP contribution is 1.97. The highest BCUT2D eigenvalue weighted by molar-refractivity contribution is 4.94. The summed E-state index contributed by atoms with van der Waals surface area (Å²) in [6.07, 6.45) is 8.22. The van der Waals surface area contributed by atoms with Crippen LogP contribution in [0.1, 0.15) is 11.5 Å². The summed E-state index contributed by atoms with van der Waals surface area (Å²) in [4.78, 5) is 12.5. The number of imidazole rings is 1. The van der Waals surface area contributed by atoms with Gasteiger partial charge in [-0.25, -0.2) is 15.0 Å². The van der Waals surface area contributed by atoms with Gasteiger partial charge in [-0.15, -0.1) is 0 Å². The van der Waals surface area contributed by atoms with Gasteiger partial charge in [0.2, 0.25) is 0 Å². The summed E-state index contributed by atoms with van der Waals surface area (Å²) in [5.74, 6) is 0.874. The largest absolute Gasteiger partial charge is 0.337 e. The third kappa shape index (κ3) is 2.16. The fourth-order valence-electron chi connectivity index (χ4n) is 1.28. The van der Waals surface area contributed by atoms with Gasteiger partial charge in [0.05, 0.1) is 12.0 Å². The first-order valence-electron chi connectivity index (χ1n) is 4.59. The molecule has 2 rings (SSSR count). The molecule has 0 radical (unpaired) electrons. The lowest BCUT2D eigenvalue weighted by atomic mass is 10.4. The van der Waals surface area contributed by atoms with E-state index in [4.69, 9.17) is 0 Å². The predicted octanol–water partition coefficient (Wildman–Crippen LogP) is 1.22. The summed E-state index contributed by atoms with van der Waals surface area (Å²) in [5, 5.41) is 0. The first-order valence-corrected chi connectivity index (χ1v) is 4.59. The molecule has 0 amide bonds.